The maximum atomic E-state index is 12.6. The summed E-state index contributed by atoms with van der Waals surface area (Å²) < 4.78 is 10.4. The van der Waals surface area contributed by atoms with E-state index in [9.17, 15) is 4.79 Å². The first-order chi connectivity index (χ1) is 13.0. The molecule has 140 valence electrons. The number of halogens is 2. The molecule has 1 heterocycles. The van der Waals surface area contributed by atoms with E-state index in [1.165, 1.54) is 18.4 Å². The molecule has 1 amide bonds. The summed E-state index contributed by atoms with van der Waals surface area (Å²) in [5.74, 6) is 0.726. The zero-order chi connectivity index (χ0) is 19.4. The molecule has 0 saturated heterocycles. The zero-order valence-corrected chi connectivity index (χ0v) is 16.9. The van der Waals surface area contributed by atoms with Crippen LogP contribution in [0.5, 0.6) is 11.5 Å². The average Bonchev–Trinajstić information content (AvgIpc) is 3.10. The molecule has 5 nitrogen and oxygen atoms in total. The van der Waals surface area contributed by atoms with Crippen LogP contribution in [0, 0.1) is 0 Å². The Labute approximate surface area is 170 Å². The SMILES string of the molecule is COc1ccc(C(=O)Nc2ncc(Cc3cc(Cl)ccc3Cl)s2)c(OC)c1. The highest BCUT2D eigenvalue weighted by Crippen LogP contribution is 2.29. The van der Waals surface area contributed by atoms with Crippen LogP contribution in [0.15, 0.2) is 42.6 Å². The molecule has 0 aliphatic heterocycles. The van der Waals surface area contributed by atoms with Crippen LogP contribution in [0.25, 0.3) is 0 Å². The number of methoxy groups -OCH3 is 2. The smallest absolute Gasteiger partial charge is 0.261 e. The lowest BCUT2D eigenvalue weighted by Gasteiger charge is -2.09. The summed E-state index contributed by atoms with van der Waals surface area (Å²) in [6, 6.07) is 10.3. The van der Waals surface area contributed by atoms with Crippen LogP contribution >= 0.6 is 34.5 Å². The van der Waals surface area contributed by atoms with Gasteiger partial charge in [-0.2, -0.15) is 0 Å². The van der Waals surface area contributed by atoms with E-state index >= 15 is 0 Å². The lowest BCUT2D eigenvalue weighted by Crippen LogP contribution is -2.13. The van der Waals surface area contributed by atoms with Gasteiger partial charge in [-0.25, -0.2) is 4.98 Å². The minimum absolute atomic E-state index is 0.309. The van der Waals surface area contributed by atoms with Crippen molar-refractivity contribution in [1.82, 2.24) is 4.98 Å². The fraction of sp³-hybridized carbons (Fsp3) is 0.158. The number of hydrogen-bond acceptors (Lipinski definition) is 5. The number of ether oxygens (including phenoxy) is 2. The zero-order valence-electron chi connectivity index (χ0n) is 14.6. The van der Waals surface area contributed by atoms with Gasteiger partial charge in [0.05, 0.1) is 19.8 Å². The average molecular weight is 423 g/mol. The minimum Gasteiger partial charge on any atom is -0.497 e. The summed E-state index contributed by atoms with van der Waals surface area (Å²) in [6.07, 6.45) is 2.29. The van der Waals surface area contributed by atoms with Crippen LogP contribution in [0.3, 0.4) is 0 Å². The van der Waals surface area contributed by atoms with Crippen LogP contribution in [0.1, 0.15) is 20.8 Å². The Morgan fingerprint density at radius 3 is 2.70 bits per heavy atom. The number of nitrogens with zero attached hydrogens (tertiary/aromatic N) is 1. The third kappa shape index (κ3) is 4.71. The Balaban J connectivity index is 1.74. The first-order valence-electron chi connectivity index (χ1n) is 7.92. The van der Waals surface area contributed by atoms with Gasteiger partial charge in [0.1, 0.15) is 11.5 Å². The number of nitrogens with one attached hydrogen (secondary N) is 1. The summed E-state index contributed by atoms with van der Waals surface area (Å²) in [7, 11) is 3.06. The topological polar surface area (TPSA) is 60.5 Å². The van der Waals surface area contributed by atoms with Gasteiger partial charge in [-0.3, -0.25) is 10.1 Å². The first-order valence-corrected chi connectivity index (χ1v) is 9.49. The molecule has 0 aliphatic carbocycles. The molecule has 3 aromatic rings. The van der Waals surface area contributed by atoms with Gasteiger partial charge in [-0.1, -0.05) is 23.2 Å². The summed E-state index contributed by atoms with van der Waals surface area (Å²) in [5.41, 5.74) is 1.30. The number of carbonyl (C=O) groups excluding carboxylic acids is 1. The van der Waals surface area contributed by atoms with Gasteiger partial charge in [0.25, 0.3) is 5.91 Å². The Hall–Kier alpha value is -2.28. The van der Waals surface area contributed by atoms with Crippen molar-refractivity contribution < 1.29 is 14.3 Å². The van der Waals surface area contributed by atoms with Gasteiger partial charge in [0.2, 0.25) is 0 Å². The molecular formula is C19H16Cl2N2O3S. The Morgan fingerprint density at radius 1 is 1.15 bits per heavy atom. The number of benzene rings is 2. The van der Waals surface area contributed by atoms with Crippen molar-refractivity contribution in [3.63, 3.8) is 0 Å². The Bertz CT molecular complexity index is 975. The Morgan fingerprint density at radius 2 is 1.96 bits per heavy atom. The molecule has 0 spiro atoms. The van der Waals surface area contributed by atoms with Gasteiger partial charge in [0.15, 0.2) is 5.13 Å². The fourth-order valence-corrected chi connectivity index (χ4v) is 3.67. The maximum Gasteiger partial charge on any atom is 0.261 e. The van der Waals surface area contributed by atoms with Gasteiger partial charge in [-0.15, -0.1) is 11.3 Å². The molecule has 0 bridgehead atoms. The minimum atomic E-state index is -0.309. The normalized spacial score (nSPS) is 10.5. The van der Waals surface area contributed by atoms with Crippen LogP contribution in [-0.2, 0) is 6.42 Å². The molecule has 2 aromatic carbocycles. The number of hydrogen-bond donors (Lipinski definition) is 1. The highest BCUT2D eigenvalue weighted by molar-refractivity contribution is 7.15. The number of thiazole rings is 1. The number of rotatable bonds is 6. The van der Waals surface area contributed by atoms with Crippen LogP contribution in [-0.4, -0.2) is 25.1 Å². The molecule has 0 fully saturated rings. The third-order valence-corrected chi connectivity index (χ3v) is 5.32. The second kappa shape index (κ2) is 8.61. The van der Waals surface area contributed by atoms with E-state index in [2.05, 4.69) is 10.3 Å². The molecule has 0 radical (unpaired) electrons. The number of anilines is 1. The van der Waals surface area contributed by atoms with Crippen LogP contribution < -0.4 is 14.8 Å². The molecule has 0 saturated carbocycles. The predicted octanol–water partition coefficient (Wildman–Crippen LogP) is 5.31. The summed E-state index contributed by atoms with van der Waals surface area (Å²) in [4.78, 5) is 17.8. The van der Waals surface area contributed by atoms with Crippen molar-refractivity contribution in [2.45, 2.75) is 6.42 Å². The third-order valence-electron chi connectivity index (χ3n) is 3.80. The van der Waals surface area contributed by atoms with E-state index < -0.39 is 0 Å². The van der Waals surface area contributed by atoms with Gasteiger partial charge in [0, 0.05) is 33.6 Å². The number of carbonyl (C=O) groups is 1. The van der Waals surface area contributed by atoms with Crippen molar-refractivity contribution >= 4 is 45.6 Å². The lowest BCUT2D eigenvalue weighted by atomic mass is 10.1. The summed E-state index contributed by atoms with van der Waals surface area (Å²) >= 11 is 13.6. The van der Waals surface area contributed by atoms with Crippen LogP contribution in [0.2, 0.25) is 10.0 Å². The molecule has 0 aliphatic rings. The summed E-state index contributed by atoms with van der Waals surface area (Å²) in [5, 5.41) is 4.55. The van der Waals surface area contributed by atoms with Crippen molar-refractivity contribution in [3.8, 4) is 11.5 Å². The molecule has 1 aromatic heterocycles. The van der Waals surface area contributed by atoms with Gasteiger partial charge >= 0.3 is 0 Å². The standard InChI is InChI=1S/C19H16Cl2N2O3S/c1-25-13-4-5-15(17(9-13)26-2)18(24)23-19-22-10-14(27-19)8-11-7-12(20)3-6-16(11)21/h3-7,9-10H,8H2,1-2H3,(H,22,23,24). The van der Waals surface area contributed by atoms with Crippen molar-refractivity contribution in [1.29, 1.82) is 0 Å². The van der Waals surface area contributed by atoms with Crippen molar-refractivity contribution in [2.24, 2.45) is 0 Å². The van der Waals surface area contributed by atoms with E-state index in [1.807, 2.05) is 6.07 Å². The Kier molecular flexibility index (Phi) is 6.21. The van der Waals surface area contributed by atoms with E-state index in [4.69, 9.17) is 32.7 Å². The fourth-order valence-electron chi connectivity index (χ4n) is 2.46. The van der Waals surface area contributed by atoms with E-state index in [1.54, 1.807) is 43.6 Å². The number of amides is 1. The quantitative estimate of drug-likeness (QED) is 0.584. The van der Waals surface area contributed by atoms with Crippen molar-refractivity contribution in [2.75, 3.05) is 19.5 Å². The second-order valence-electron chi connectivity index (χ2n) is 5.56. The molecule has 0 unspecified atom stereocenters. The van der Waals surface area contributed by atoms with Gasteiger partial charge in [-0.05, 0) is 35.9 Å². The molecule has 27 heavy (non-hydrogen) atoms. The number of aromatic nitrogens is 1. The van der Waals surface area contributed by atoms with E-state index in [0.29, 0.717) is 38.7 Å². The highest BCUT2D eigenvalue weighted by atomic mass is 35.5. The van der Waals surface area contributed by atoms with Crippen LogP contribution in [0.4, 0.5) is 5.13 Å². The molecule has 0 atom stereocenters. The molecular weight excluding hydrogens is 407 g/mol. The molecule has 3 rings (SSSR count). The molecule has 8 heteroatoms. The summed E-state index contributed by atoms with van der Waals surface area (Å²) in [6.45, 7) is 0. The van der Waals surface area contributed by atoms with E-state index in [0.717, 1.165) is 10.4 Å². The highest BCUT2D eigenvalue weighted by Gasteiger charge is 2.15. The lowest BCUT2D eigenvalue weighted by molar-refractivity contribution is 0.102. The molecule has 1 N–H and O–H groups in total. The second-order valence-corrected chi connectivity index (χ2v) is 7.52. The van der Waals surface area contributed by atoms with E-state index in [-0.39, 0.29) is 5.91 Å². The van der Waals surface area contributed by atoms with Gasteiger partial charge < -0.3 is 9.47 Å². The van der Waals surface area contributed by atoms with Crippen molar-refractivity contribution in [3.05, 3.63) is 68.6 Å². The first kappa shape index (κ1) is 19.5. The maximum absolute atomic E-state index is 12.6. The largest absolute Gasteiger partial charge is 0.497 e. The monoisotopic (exact) mass is 422 g/mol. The predicted molar refractivity (Wildman–Crippen MR) is 109 cm³/mol.